The smallest absolute Gasteiger partial charge is 0.270 e. The number of hydrogen-bond acceptors (Lipinski definition) is 7. The first-order chi connectivity index (χ1) is 12.9. The molecule has 27 heavy (non-hydrogen) atoms. The van der Waals surface area contributed by atoms with E-state index in [1.54, 1.807) is 12.1 Å². The molecule has 1 unspecified atom stereocenters. The molecule has 3 rings (SSSR count). The summed E-state index contributed by atoms with van der Waals surface area (Å²) in [6, 6.07) is 6.93. The first-order valence-electron chi connectivity index (χ1n) is 8.04. The third kappa shape index (κ3) is 4.29. The Morgan fingerprint density at radius 2 is 2.30 bits per heavy atom. The molecule has 1 atom stereocenters. The molecule has 0 spiro atoms. The molecule has 2 aromatic rings. The highest BCUT2D eigenvalue weighted by Gasteiger charge is 2.34. The molecule has 1 saturated heterocycles. The number of likely N-dealkylation sites (tertiary alicyclic amines) is 1. The van der Waals surface area contributed by atoms with Crippen molar-refractivity contribution in [3.63, 3.8) is 0 Å². The summed E-state index contributed by atoms with van der Waals surface area (Å²) < 4.78 is 5.20. The second-order valence-electron chi connectivity index (χ2n) is 5.99. The van der Waals surface area contributed by atoms with Gasteiger partial charge in [-0.2, -0.15) is 5.10 Å². The summed E-state index contributed by atoms with van der Waals surface area (Å²) in [5.74, 6) is -0.760. The molecule has 1 aliphatic heterocycles. The first kappa shape index (κ1) is 18.1. The van der Waals surface area contributed by atoms with Gasteiger partial charge >= 0.3 is 0 Å². The third-order valence-electron chi connectivity index (χ3n) is 4.11. The van der Waals surface area contributed by atoms with Crippen molar-refractivity contribution in [3.05, 3.63) is 58.0 Å². The summed E-state index contributed by atoms with van der Waals surface area (Å²) in [4.78, 5) is 35.9. The van der Waals surface area contributed by atoms with Crippen molar-refractivity contribution in [1.29, 1.82) is 0 Å². The molecule has 0 bridgehead atoms. The van der Waals surface area contributed by atoms with Gasteiger partial charge in [0.15, 0.2) is 0 Å². The van der Waals surface area contributed by atoms with E-state index in [2.05, 4.69) is 10.5 Å². The minimum atomic E-state index is -0.604. The Bertz CT molecular complexity index is 893. The van der Waals surface area contributed by atoms with E-state index in [4.69, 9.17) is 4.42 Å². The van der Waals surface area contributed by atoms with Gasteiger partial charge in [-0.05, 0) is 18.2 Å². The van der Waals surface area contributed by atoms with E-state index in [-0.39, 0.29) is 35.9 Å². The average Bonchev–Trinajstić information content (AvgIpc) is 3.27. The van der Waals surface area contributed by atoms with Crippen LogP contribution in [0.5, 0.6) is 5.75 Å². The number of nitrogens with zero attached hydrogens (tertiary/aromatic N) is 3. The van der Waals surface area contributed by atoms with Crippen LogP contribution in [0, 0.1) is 16.0 Å². The van der Waals surface area contributed by atoms with Crippen LogP contribution < -0.4 is 5.43 Å². The van der Waals surface area contributed by atoms with Crippen LogP contribution in [-0.4, -0.2) is 39.5 Å². The summed E-state index contributed by atoms with van der Waals surface area (Å²) in [7, 11) is 0. The summed E-state index contributed by atoms with van der Waals surface area (Å²) in [5, 5.41) is 24.2. The second-order valence-corrected chi connectivity index (χ2v) is 5.99. The van der Waals surface area contributed by atoms with Crippen molar-refractivity contribution < 1.29 is 24.0 Å². The fourth-order valence-electron chi connectivity index (χ4n) is 2.71. The second kappa shape index (κ2) is 7.68. The van der Waals surface area contributed by atoms with Gasteiger partial charge in [0, 0.05) is 30.7 Å². The Balaban J connectivity index is 1.58. The highest BCUT2D eigenvalue weighted by molar-refractivity contribution is 5.90. The number of hydrazone groups is 1. The number of nitrogens with one attached hydrogen (secondary N) is 1. The Hall–Kier alpha value is -3.69. The molecule has 10 nitrogen and oxygen atoms in total. The van der Waals surface area contributed by atoms with Crippen LogP contribution in [0.1, 0.15) is 17.7 Å². The van der Waals surface area contributed by atoms with Gasteiger partial charge in [0.25, 0.3) is 5.69 Å². The van der Waals surface area contributed by atoms with E-state index in [0.29, 0.717) is 12.3 Å². The van der Waals surface area contributed by atoms with Gasteiger partial charge in [-0.1, -0.05) is 0 Å². The van der Waals surface area contributed by atoms with Crippen LogP contribution in [0.25, 0.3) is 0 Å². The van der Waals surface area contributed by atoms with Gasteiger partial charge < -0.3 is 14.4 Å². The molecule has 2 amide bonds. The van der Waals surface area contributed by atoms with Gasteiger partial charge in [0.2, 0.25) is 11.8 Å². The Labute approximate surface area is 153 Å². The number of rotatable bonds is 6. The van der Waals surface area contributed by atoms with Crippen molar-refractivity contribution in [3.8, 4) is 5.75 Å². The normalized spacial score (nSPS) is 16.8. The summed E-state index contributed by atoms with van der Waals surface area (Å²) in [5.41, 5.74) is 2.17. The number of amides is 2. The van der Waals surface area contributed by atoms with E-state index < -0.39 is 16.7 Å². The van der Waals surface area contributed by atoms with Crippen molar-refractivity contribution in [2.75, 3.05) is 6.54 Å². The van der Waals surface area contributed by atoms with Crippen molar-refractivity contribution in [2.24, 2.45) is 11.0 Å². The molecule has 0 radical (unpaired) electrons. The van der Waals surface area contributed by atoms with Crippen molar-refractivity contribution in [1.82, 2.24) is 10.3 Å². The maximum Gasteiger partial charge on any atom is 0.270 e. The fraction of sp³-hybridized carbons (Fsp3) is 0.235. The summed E-state index contributed by atoms with van der Waals surface area (Å²) >= 11 is 0. The Morgan fingerprint density at radius 1 is 1.48 bits per heavy atom. The number of carbonyl (C=O) groups is 2. The lowest BCUT2D eigenvalue weighted by molar-refractivity contribution is -0.384. The van der Waals surface area contributed by atoms with E-state index in [1.165, 1.54) is 17.2 Å². The minimum absolute atomic E-state index is 0.0596. The molecule has 1 aromatic carbocycles. The standard InChI is InChI=1S/C17H16N4O6/c22-15-4-3-13(21(25)26)6-11(15)8-18-19-17(24)12-7-16(23)20(9-12)10-14-2-1-5-27-14/h1-6,8,12,22H,7,9-10H2,(H,19,24)/b18-8+. The fourth-order valence-corrected chi connectivity index (χ4v) is 2.71. The van der Waals surface area contributed by atoms with Gasteiger partial charge in [0.1, 0.15) is 11.5 Å². The zero-order valence-corrected chi connectivity index (χ0v) is 14.1. The maximum absolute atomic E-state index is 12.2. The molecule has 10 heteroatoms. The number of nitro groups is 1. The van der Waals surface area contributed by atoms with Crippen LogP contribution >= 0.6 is 0 Å². The van der Waals surface area contributed by atoms with Crippen LogP contribution in [0.3, 0.4) is 0 Å². The van der Waals surface area contributed by atoms with E-state index in [1.807, 2.05) is 0 Å². The highest BCUT2D eigenvalue weighted by atomic mass is 16.6. The van der Waals surface area contributed by atoms with Crippen LogP contribution in [0.4, 0.5) is 5.69 Å². The Kier molecular flexibility index (Phi) is 5.15. The predicted octanol–water partition coefficient (Wildman–Crippen LogP) is 1.39. The number of hydrogen-bond donors (Lipinski definition) is 2. The molecular formula is C17H16N4O6. The zero-order valence-electron chi connectivity index (χ0n) is 14.1. The van der Waals surface area contributed by atoms with E-state index in [0.717, 1.165) is 18.3 Å². The lowest BCUT2D eigenvalue weighted by Crippen LogP contribution is -2.30. The zero-order chi connectivity index (χ0) is 19.4. The molecule has 2 heterocycles. The quantitative estimate of drug-likeness (QED) is 0.446. The van der Waals surface area contributed by atoms with Gasteiger partial charge in [-0.3, -0.25) is 19.7 Å². The number of phenolic OH excluding ortho intramolecular Hbond substituents is 1. The van der Waals surface area contributed by atoms with Crippen LogP contribution in [0.2, 0.25) is 0 Å². The van der Waals surface area contributed by atoms with Gasteiger partial charge in [0.05, 0.1) is 29.9 Å². The van der Waals surface area contributed by atoms with Gasteiger partial charge in [-0.15, -0.1) is 0 Å². The Morgan fingerprint density at radius 3 is 3.00 bits per heavy atom. The largest absolute Gasteiger partial charge is 0.507 e. The number of nitro benzene ring substituents is 1. The van der Waals surface area contributed by atoms with E-state index in [9.17, 15) is 24.8 Å². The molecule has 0 saturated carbocycles. The number of aromatic hydroxyl groups is 1. The number of phenols is 1. The lowest BCUT2D eigenvalue weighted by atomic mass is 10.1. The number of carbonyl (C=O) groups excluding carboxylic acids is 2. The summed E-state index contributed by atoms with van der Waals surface area (Å²) in [6.07, 6.45) is 2.68. The molecule has 1 aromatic heterocycles. The predicted molar refractivity (Wildman–Crippen MR) is 92.7 cm³/mol. The molecule has 1 aliphatic rings. The SMILES string of the molecule is O=C(N/N=C/c1cc([N+](=O)[O-])ccc1O)C1CC(=O)N(Cc2ccco2)C1. The minimum Gasteiger partial charge on any atom is -0.507 e. The number of furan rings is 1. The van der Waals surface area contributed by atoms with Crippen molar-refractivity contribution in [2.45, 2.75) is 13.0 Å². The monoisotopic (exact) mass is 372 g/mol. The summed E-state index contributed by atoms with van der Waals surface area (Å²) in [6.45, 7) is 0.531. The molecule has 1 fully saturated rings. The van der Waals surface area contributed by atoms with Gasteiger partial charge in [-0.25, -0.2) is 5.43 Å². The van der Waals surface area contributed by atoms with E-state index >= 15 is 0 Å². The number of benzene rings is 1. The number of non-ortho nitro benzene ring substituents is 1. The topological polar surface area (TPSA) is 138 Å². The van der Waals surface area contributed by atoms with Crippen LogP contribution in [0.15, 0.2) is 46.1 Å². The molecule has 0 aliphatic carbocycles. The first-order valence-corrected chi connectivity index (χ1v) is 8.04. The third-order valence-corrected chi connectivity index (χ3v) is 4.11. The molecular weight excluding hydrogens is 356 g/mol. The molecule has 2 N–H and O–H groups in total. The highest BCUT2D eigenvalue weighted by Crippen LogP contribution is 2.22. The maximum atomic E-state index is 12.2. The lowest BCUT2D eigenvalue weighted by Gasteiger charge is -2.14. The molecule has 140 valence electrons. The average molecular weight is 372 g/mol. The van der Waals surface area contributed by atoms with Crippen LogP contribution in [-0.2, 0) is 16.1 Å². The van der Waals surface area contributed by atoms with Crippen molar-refractivity contribution >= 4 is 23.7 Å².